The number of nitrogens with one attached hydrogen (secondary N) is 2. The molecule has 1 aromatic carbocycles. The van der Waals surface area contributed by atoms with Crippen LogP contribution in [0.3, 0.4) is 0 Å². The van der Waals surface area contributed by atoms with Crippen LogP contribution in [0.5, 0.6) is 0 Å². The van der Waals surface area contributed by atoms with Gasteiger partial charge in [-0.15, -0.1) is 24.0 Å². The van der Waals surface area contributed by atoms with E-state index in [1.54, 1.807) is 0 Å². The first kappa shape index (κ1) is 25.6. The topological polar surface area (TPSA) is 63.5 Å². The molecular formula is C24H38IN5O. The molecule has 31 heavy (non-hydrogen) atoms. The summed E-state index contributed by atoms with van der Waals surface area (Å²) in [5, 5.41) is 6.77. The second kappa shape index (κ2) is 14.5. The van der Waals surface area contributed by atoms with Crippen LogP contribution >= 0.6 is 24.0 Å². The number of hydrogen-bond acceptors (Lipinski definition) is 3. The number of aromatic nitrogens is 2. The summed E-state index contributed by atoms with van der Waals surface area (Å²) in [5.41, 5.74) is 2.48. The molecule has 172 valence electrons. The van der Waals surface area contributed by atoms with E-state index in [4.69, 9.17) is 9.73 Å². The number of benzene rings is 1. The fourth-order valence-electron chi connectivity index (χ4n) is 3.87. The minimum absolute atomic E-state index is 0. The third kappa shape index (κ3) is 9.19. The second-order valence-corrected chi connectivity index (χ2v) is 8.03. The lowest BCUT2D eigenvalue weighted by atomic mass is 9.98. The van der Waals surface area contributed by atoms with E-state index in [2.05, 4.69) is 51.4 Å². The fourth-order valence-corrected chi connectivity index (χ4v) is 3.87. The van der Waals surface area contributed by atoms with Gasteiger partial charge in [0.15, 0.2) is 5.96 Å². The van der Waals surface area contributed by atoms with Gasteiger partial charge < -0.3 is 19.9 Å². The zero-order valence-corrected chi connectivity index (χ0v) is 21.3. The van der Waals surface area contributed by atoms with E-state index >= 15 is 0 Å². The van der Waals surface area contributed by atoms with Gasteiger partial charge in [0.25, 0.3) is 0 Å². The number of hydrogen-bond donors (Lipinski definition) is 2. The van der Waals surface area contributed by atoms with E-state index in [0.29, 0.717) is 12.6 Å². The lowest BCUT2D eigenvalue weighted by Crippen LogP contribution is -2.38. The third-order valence-corrected chi connectivity index (χ3v) is 5.55. The molecule has 1 aliphatic rings. The summed E-state index contributed by atoms with van der Waals surface area (Å²) >= 11 is 0. The van der Waals surface area contributed by atoms with E-state index in [9.17, 15) is 0 Å². The van der Waals surface area contributed by atoms with Gasteiger partial charge in [0, 0.05) is 38.6 Å². The average Bonchev–Trinajstić information content (AvgIpc) is 3.17. The molecule has 3 rings (SSSR count). The van der Waals surface area contributed by atoms with Crippen molar-refractivity contribution in [2.45, 2.75) is 71.6 Å². The molecule has 1 aromatic heterocycles. The first-order chi connectivity index (χ1) is 14.7. The summed E-state index contributed by atoms with van der Waals surface area (Å²) in [6.45, 7) is 8.17. The Morgan fingerprint density at radius 3 is 2.74 bits per heavy atom. The van der Waals surface area contributed by atoms with Gasteiger partial charge in [-0.2, -0.15) is 0 Å². The van der Waals surface area contributed by atoms with Crippen LogP contribution in [0.15, 0.2) is 41.7 Å². The van der Waals surface area contributed by atoms with Crippen LogP contribution < -0.4 is 10.6 Å². The Morgan fingerprint density at radius 2 is 2.00 bits per heavy atom. The Balaban J connectivity index is 0.00000341. The van der Waals surface area contributed by atoms with Gasteiger partial charge in [-0.1, -0.05) is 43.5 Å². The number of halogens is 1. The van der Waals surface area contributed by atoms with E-state index in [0.717, 1.165) is 44.4 Å². The Hall–Kier alpha value is -1.61. The van der Waals surface area contributed by atoms with Crippen LogP contribution in [-0.2, 0) is 17.8 Å². The quantitative estimate of drug-likeness (QED) is 0.200. The summed E-state index contributed by atoms with van der Waals surface area (Å²) in [5.74, 6) is 1.90. The fraction of sp³-hybridized carbons (Fsp3) is 0.583. The predicted octanol–water partition coefficient (Wildman–Crippen LogP) is 4.65. The van der Waals surface area contributed by atoms with Crippen molar-refractivity contribution in [3.8, 4) is 0 Å². The predicted molar refractivity (Wildman–Crippen MR) is 138 cm³/mol. The van der Waals surface area contributed by atoms with Crippen LogP contribution in [0.1, 0.15) is 62.4 Å². The molecule has 1 heterocycles. The monoisotopic (exact) mass is 539 g/mol. The number of aryl methyl sites for hydroxylation is 1. The molecule has 1 saturated carbocycles. The van der Waals surface area contributed by atoms with Gasteiger partial charge in [-0.05, 0) is 44.2 Å². The molecule has 0 radical (unpaired) electrons. The van der Waals surface area contributed by atoms with Gasteiger partial charge in [0.05, 0.1) is 12.6 Å². The summed E-state index contributed by atoms with van der Waals surface area (Å²) in [6, 6.07) is 8.62. The highest BCUT2D eigenvalue weighted by Gasteiger charge is 2.13. The molecule has 1 aliphatic carbocycles. The Bertz CT molecular complexity index is 786. The van der Waals surface area contributed by atoms with Crippen molar-refractivity contribution in [2.24, 2.45) is 4.99 Å². The number of ether oxygens (including phenoxy) is 1. The van der Waals surface area contributed by atoms with E-state index in [1.165, 1.54) is 43.2 Å². The van der Waals surface area contributed by atoms with Crippen molar-refractivity contribution < 1.29 is 4.74 Å². The first-order valence-electron chi connectivity index (χ1n) is 11.4. The summed E-state index contributed by atoms with van der Waals surface area (Å²) < 4.78 is 8.17. The number of nitrogens with zero attached hydrogens (tertiary/aromatic N) is 3. The molecule has 2 aromatic rings. The highest BCUT2D eigenvalue weighted by Crippen LogP contribution is 2.20. The zero-order valence-electron chi connectivity index (χ0n) is 19.0. The van der Waals surface area contributed by atoms with Crippen LogP contribution in [0.4, 0.5) is 0 Å². The minimum Gasteiger partial charge on any atom is -0.378 e. The van der Waals surface area contributed by atoms with Crippen molar-refractivity contribution in [2.75, 3.05) is 19.7 Å². The third-order valence-electron chi connectivity index (χ3n) is 5.55. The molecule has 1 fully saturated rings. The van der Waals surface area contributed by atoms with Gasteiger partial charge in [0.2, 0.25) is 0 Å². The minimum atomic E-state index is 0. The van der Waals surface area contributed by atoms with E-state index < -0.39 is 0 Å². The first-order valence-corrected chi connectivity index (χ1v) is 11.4. The van der Waals surface area contributed by atoms with Crippen LogP contribution in [0, 0.1) is 6.92 Å². The zero-order chi connectivity index (χ0) is 21.0. The maximum Gasteiger partial charge on any atom is 0.191 e. The molecule has 0 saturated heterocycles. The largest absolute Gasteiger partial charge is 0.378 e. The van der Waals surface area contributed by atoms with Gasteiger partial charge in [-0.25, -0.2) is 9.98 Å². The highest BCUT2D eigenvalue weighted by molar-refractivity contribution is 14.0. The summed E-state index contributed by atoms with van der Waals surface area (Å²) in [7, 11) is 0. The van der Waals surface area contributed by atoms with Crippen LogP contribution in [-0.4, -0.2) is 41.3 Å². The molecular weight excluding hydrogens is 501 g/mol. The molecule has 0 aliphatic heterocycles. The van der Waals surface area contributed by atoms with Crippen molar-refractivity contribution >= 4 is 29.9 Å². The number of guanidine groups is 1. The van der Waals surface area contributed by atoms with Crippen LogP contribution in [0.2, 0.25) is 0 Å². The molecule has 7 heteroatoms. The van der Waals surface area contributed by atoms with Crippen molar-refractivity contribution in [3.63, 3.8) is 0 Å². The Labute approximate surface area is 204 Å². The Kier molecular flexibility index (Phi) is 12.0. The smallest absolute Gasteiger partial charge is 0.191 e. The molecule has 6 nitrogen and oxygen atoms in total. The van der Waals surface area contributed by atoms with Crippen molar-refractivity contribution in [1.82, 2.24) is 20.2 Å². The maximum atomic E-state index is 6.01. The van der Waals surface area contributed by atoms with Gasteiger partial charge in [-0.3, -0.25) is 0 Å². The number of rotatable bonds is 10. The molecule has 0 atom stereocenters. The molecule has 0 amide bonds. The van der Waals surface area contributed by atoms with Crippen molar-refractivity contribution in [1.29, 1.82) is 0 Å². The second-order valence-electron chi connectivity index (χ2n) is 8.03. The van der Waals surface area contributed by atoms with Gasteiger partial charge >= 0.3 is 0 Å². The molecule has 0 unspecified atom stereocenters. The standard InChI is InChI=1S/C24H37N5O.HI/c1-3-25-24(27-13-8-16-30-23-11-5-4-6-12-23)28-18-21-9-7-10-22(17-21)19-29-15-14-26-20(29)2;/h7,9-10,14-15,17,23H,3-6,8,11-13,16,18-19H2,1-2H3,(H2,25,27,28);1H. The lowest BCUT2D eigenvalue weighted by molar-refractivity contribution is 0.0277. The summed E-state index contributed by atoms with van der Waals surface area (Å²) in [4.78, 5) is 9.06. The van der Waals surface area contributed by atoms with Crippen molar-refractivity contribution in [3.05, 3.63) is 53.6 Å². The van der Waals surface area contributed by atoms with Gasteiger partial charge in [0.1, 0.15) is 5.82 Å². The molecule has 2 N–H and O–H groups in total. The average molecular weight is 540 g/mol. The maximum absolute atomic E-state index is 6.01. The summed E-state index contributed by atoms with van der Waals surface area (Å²) in [6.07, 6.45) is 11.8. The van der Waals surface area contributed by atoms with E-state index in [1.807, 2.05) is 19.3 Å². The van der Waals surface area contributed by atoms with E-state index in [-0.39, 0.29) is 24.0 Å². The van der Waals surface area contributed by atoms with Crippen LogP contribution in [0.25, 0.3) is 0 Å². The normalized spacial score (nSPS) is 14.8. The lowest BCUT2D eigenvalue weighted by Gasteiger charge is -2.22. The highest BCUT2D eigenvalue weighted by atomic mass is 127. The molecule has 0 spiro atoms. The Morgan fingerprint density at radius 1 is 1.19 bits per heavy atom. The number of imidazole rings is 1. The number of aliphatic imine (C=N–C) groups is 1. The SMILES string of the molecule is CCNC(=NCc1cccc(Cn2ccnc2C)c1)NCCCOC1CCCCC1.I. The molecule has 0 bridgehead atoms.